The highest BCUT2D eigenvalue weighted by molar-refractivity contribution is 4.98. The minimum atomic E-state index is 0.747. The van der Waals surface area contributed by atoms with Crippen LogP contribution in [0, 0.1) is 0 Å². The Balaban J connectivity index is 2.02. The number of hydrogen-bond acceptors (Lipinski definition) is 2. The monoisotopic (exact) mass is 140 g/mol. The molecule has 0 radical (unpaired) electrons. The van der Waals surface area contributed by atoms with Crippen LogP contribution in [0.5, 0.6) is 0 Å². The van der Waals surface area contributed by atoms with Crippen molar-refractivity contribution in [1.82, 2.24) is 10.2 Å². The van der Waals surface area contributed by atoms with E-state index in [1.54, 1.807) is 0 Å². The van der Waals surface area contributed by atoms with Crippen molar-refractivity contribution in [3.63, 3.8) is 0 Å². The lowest BCUT2D eigenvalue weighted by Gasteiger charge is -2.30. The highest BCUT2D eigenvalue weighted by Gasteiger charge is 2.38. The molecule has 0 aliphatic carbocycles. The Labute approximate surface area is 62.6 Å². The van der Waals surface area contributed by atoms with Crippen molar-refractivity contribution < 1.29 is 0 Å². The average molecular weight is 140 g/mol. The summed E-state index contributed by atoms with van der Waals surface area (Å²) in [5.74, 6) is 0. The Bertz CT molecular complexity index is 133. The number of nitrogens with zero attached hydrogens (tertiary/aromatic N) is 1. The van der Waals surface area contributed by atoms with Crippen LogP contribution < -0.4 is 5.32 Å². The SMILES string of the molecule is CC(C)N1C[C@@H]2C[C@H]1CN2. The fourth-order valence-corrected chi connectivity index (χ4v) is 2.23. The van der Waals surface area contributed by atoms with Gasteiger partial charge in [0.05, 0.1) is 0 Å². The normalized spacial score (nSPS) is 39.9. The van der Waals surface area contributed by atoms with E-state index in [1.165, 1.54) is 19.5 Å². The lowest BCUT2D eigenvalue weighted by Crippen LogP contribution is -2.46. The maximum atomic E-state index is 3.50. The van der Waals surface area contributed by atoms with Crippen molar-refractivity contribution in [2.24, 2.45) is 0 Å². The summed E-state index contributed by atoms with van der Waals surface area (Å²) in [6.07, 6.45) is 1.39. The summed E-state index contributed by atoms with van der Waals surface area (Å²) in [4.78, 5) is 2.61. The summed E-state index contributed by atoms with van der Waals surface area (Å²) in [7, 11) is 0. The first-order valence-corrected chi connectivity index (χ1v) is 4.26. The molecule has 0 spiro atoms. The molecule has 2 atom stereocenters. The Morgan fingerprint density at radius 3 is 2.60 bits per heavy atom. The number of piperazine rings is 1. The molecule has 2 heteroatoms. The molecule has 10 heavy (non-hydrogen) atoms. The van der Waals surface area contributed by atoms with Gasteiger partial charge in [-0.25, -0.2) is 0 Å². The van der Waals surface area contributed by atoms with E-state index in [9.17, 15) is 0 Å². The van der Waals surface area contributed by atoms with Crippen LogP contribution in [-0.2, 0) is 0 Å². The molecule has 0 aromatic rings. The van der Waals surface area contributed by atoms with Gasteiger partial charge in [-0.15, -0.1) is 0 Å². The summed E-state index contributed by atoms with van der Waals surface area (Å²) in [6.45, 7) is 7.09. The van der Waals surface area contributed by atoms with Gasteiger partial charge < -0.3 is 5.32 Å². The van der Waals surface area contributed by atoms with Crippen molar-refractivity contribution in [2.75, 3.05) is 13.1 Å². The van der Waals surface area contributed by atoms with Gasteiger partial charge in [0.25, 0.3) is 0 Å². The first-order chi connectivity index (χ1) is 4.77. The van der Waals surface area contributed by atoms with Crippen LogP contribution in [0.4, 0.5) is 0 Å². The second-order valence-electron chi connectivity index (χ2n) is 3.79. The van der Waals surface area contributed by atoms with Gasteiger partial charge in [0.2, 0.25) is 0 Å². The molecule has 1 N–H and O–H groups in total. The van der Waals surface area contributed by atoms with E-state index in [-0.39, 0.29) is 0 Å². The summed E-state index contributed by atoms with van der Waals surface area (Å²) < 4.78 is 0. The molecule has 0 unspecified atom stereocenters. The molecule has 0 aromatic heterocycles. The third kappa shape index (κ3) is 0.867. The molecule has 2 fully saturated rings. The highest BCUT2D eigenvalue weighted by Crippen LogP contribution is 2.24. The van der Waals surface area contributed by atoms with Gasteiger partial charge in [0, 0.05) is 31.2 Å². The minimum Gasteiger partial charge on any atom is -0.311 e. The highest BCUT2D eigenvalue weighted by atomic mass is 15.3. The van der Waals surface area contributed by atoms with Crippen LogP contribution in [0.25, 0.3) is 0 Å². The molecule has 2 saturated heterocycles. The van der Waals surface area contributed by atoms with Crippen LogP contribution in [-0.4, -0.2) is 36.1 Å². The lowest BCUT2D eigenvalue weighted by molar-refractivity contribution is 0.181. The number of likely N-dealkylation sites (tertiary alicyclic amines) is 1. The molecule has 58 valence electrons. The van der Waals surface area contributed by atoms with Crippen LogP contribution in [0.2, 0.25) is 0 Å². The zero-order valence-corrected chi connectivity index (χ0v) is 6.80. The molecule has 2 heterocycles. The lowest BCUT2D eigenvalue weighted by atomic mass is 10.2. The number of fused-ring (bicyclic) bond motifs is 2. The van der Waals surface area contributed by atoms with Crippen molar-refractivity contribution in [1.29, 1.82) is 0 Å². The van der Waals surface area contributed by atoms with Crippen LogP contribution >= 0.6 is 0 Å². The van der Waals surface area contributed by atoms with Crippen molar-refractivity contribution in [3.8, 4) is 0 Å². The fourth-order valence-electron chi connectivity index (χ4n) is 2.23. The largest absolute Gasteiger partial charge is 0.311 e. The fraction of sp³-hybridized carbons (Fsp3) is 1.00. The standard InChI is InChI=1S/C8H16N2/c1-6(2)10-5-7-3-8(10)4-9-7/h6-9H,3-5H2,1-2H3/t7-,8-/m0/s1. The molecule has 2 aliphatic heterocycles. The summed E-state index contributed by atoms with van der Waals surface area (Å²) >= 11 is 0. The summed E-state index contributed by atoms with van der Waals surface area (Å²) in [5, 5.41) is 3.50. The van der Waals surface area contributed by atoms with E-state index in [4.69, 9.17) is 0 Å². The second-order valence-corrected chi connectivity index (χ2v) is 3.79. The second kappa shape index (κ2) is 2.21. The third-order valence-corrected chi connectivity index (χ3v) is 2.76. The smallest absolute Gasteiger partial charge is 0.0239 e. The van der Waals surface area contributed by atoms with Gasteiger partial charge >= 0.3 is 0 Å². The quantitative estimate of drug-likeness (QED) is 0.568. The van der Waals surface area contributed by atoms with Gasteiger partial charge in [-0.3, -0.25) is 4.90 Å². The van der Waals surface area contributed by atoms with Crippen LogP contribution in [0.15, 0.2) is 0 Å². The Morgan fingerprint density at radius 2 is 2.30 bits per heavy atom. The molecule has 0 saturated carbocycles. The van der Waals surface area contributed by atoms with Crippen LogP contribution in [0.3, 0.4) is 0 Å². The van der Waals surface area contributed by atoms with E-state index in [2.05, 4.69) is 24.1 Å². The Morgan fingerprint density at radius 1 is 1.50 bits per heavy atom. The third-order valence-electron chi connectivity index (χ3n) is 2.76. The first kappa shape index (κ1) is 6.62. The van der Waals surface area contributed by atoms with Gasteiger partial charge in [-0.2, -0.15) is 0 Å². The Hall–Kier alpha value is -0.0800. The summed E-state index contributed by atoms with van der Waals surface area (Å²) in [5.41, 5.74) is 0. The average Bonchev–Trinajstić information content (AvgIpc) is 2.44. The molecule has 0 aromatic carbocycles. The molecule has 2 rings (SSSR count). The molecule has 0 amide bonds. The van der Waals surface area contributed by atoms with Gasteiger partial charge in [0.1, 0.15) is 0 Å². The van der Waals surface area contributed by atoms with E-state index < -0.39 is 0 Å². The summed E-state index contributed by atoms with van der Waals surface area (Å²) in [6, 6.07) is 2.41. The van der Waals surface area contributed by atoms with Gasteiger partial charge in [0.15, 0.2) is 0 Å². The minimum absolute atomic E-state index is 0.747. The van der Waals surface area contributed by atoms with E-state index in [0.717, 1.165) is 18.1 Å². The number of rotatable bonds is 1. The van der Waals surface area contributed by atoms with Crippen molar-refractivity contribution in [2.45, 2.75) is 38.4 Å². The van der Waals surface area contributed by atoms with Crippen LogP contribution in [0.1, 0.15) is 20.3 Å². The van der Waals surface area contributed by atoms with Crippen molar-refractivity contribution in [3.05, 3.63) is 0 Å². The molecule has 2 bridgehead atoms. The molecule has 2 aliphatic rings. The van der Waals surface area contributed by atoms with Crippen molar-refractivity contribution >= 4 is 0 Å². The molecule has 2 nitrogen and oxygen atoms in total. The predicted molar refractivity (Wildman–Crippen MR) is 42.0 cm³/mol. The van der Waals surface area contributed by atoms with E-state index >= 15 is 0 Å². The number of nitrogens with one attached hydrogen (secondary N) is 1. The van der Waals surface area contributed by atoms with E-state index in [0.29, 0.717) is 0 Å². The van der Waals surface area contributed by atoms with E-state index in [1.807, 2.05) is 0 Å². The van der Waals surface area contributed by atoms with Gasteiger partial charge in [-0.05, 0) is 20.3 Å². The van der Waals surface area contributed by atoms with Gasteiger partial charge in [-0.1, -0.05) is 0 Å². The predicted octanol–water partition coefficient (Wildman–Crippen LogP) is 0.441. The Kier molecular flexibility index (Phi) is 1.46. The first-order valence-electron chi connectivity index (χ1n) is 4.26. The molecular weight excluding hydrogens is 124 g/mol. The number of hydrogen-bond donors (Lipinski definition) is 1. The maximum Gasteiger partial charge on any atom is 0.0239 e. The maximum absolute atomic E-state index is 3.50. The molecular formula is C8H16N2. The topological polar surface area (TPSA) is 15.3 Å². The zero-order chi connectivity index (χ0) is 7.14. The zero-order valence-electron chi connectivity index (χ0n) is 6.80.